The summed E-state index contributed by atoms with van der Waals surface area (Å²) < 4.78 is 16.3. The maximum Gasteiger partial charge on any atom is 0.341 e. The molecule has 0 aliphatic carbocycles. The molecule has 1 aromatic heterocycles. The van der Waals surface area contributed by atoms with Gasteiger partial charge >= 0.3 is 11.7 Å². The summed E-state index contributed by atoms with van der Waals surface area (Å²) in [5.41, 5.74) is -2.55. The number of anilines is 1. The van der Waals surface area contributed by atoms with E-state index in [0.29, 0.717) is 0 Å². The number of fused-ring (bicyclic) bond motifs is 1. The van der Waals surface area contributed by atoms with Crippen molar-refractivity contribution in [3.8, 4) is 0 Å². The Hall–Kier alpha value is -3.50. The molecule has 2 aromatic rings. The van der Waals surface area contributed by atoms with Crippen LogP contribution in [0, 0.1) is 15.9 Å². The number of halogens is 1. The van der Waals surface area contributed by atoms with Gasteiger partial charge in [0.1, 0.15) is 11.1 Å². The largest absolute Gasteiger partial charge is 0.477 e. The molecule has 0 saturated carbocycles. The first-order chi connectivity index (χ1) is 13.7. The summed E-state index contributed by atoms with van der Waals surface area (Å²) in [6.45, 7) is 4.12. The fourth-order valence-electron chi connectivity index (χ4n) is 3.62. The van der Waals surface area contributed by atoms with Gasteiger partial charge in [0.2, 0.25) is 11.3 Å². The molecule has 0 radical (unpaired) electrons. The Bertz CT molecular complexity index is 1090. The van der Waals surface area contributed by atoms with Crippen LogP contribution in [-0.2, 0) is 11.3 Å². The Labute approximate surface area is 163 Å². The van der Waals surface area contributed by atoms with E-state index in [1.54, 1.807) is 11.8 Å². The van der Waals surface area contributed by atoms with Crippen LogP contribution in [0.4, 0.5) is 15.8 Å². The second-order valence-corrected chi connectivity index (χ2v) is 6.67. The number of aromatic nitrogens is 1. The molecule has 1 aliphatic rings. The van der Waals surface area contributed by atoms with Crippen molar-refractivity contribution in [2.75, 3.05) is 31.1 Å². The third kappa shape index (κ3) is 3.39. The van der Waals surface area contributed by atoms with E-state index in [2.05, 4.69) is 0 Å². The van der Waals surface area contributed by atoms with E-state index in [9.17, 15) is 29.6 Å². The molecule has 0 atom stereocenters. The lowest BCUT2D eigenvalue weighted by molar-refractivity contribution is -0.382. The highest BCUT2D eigenvalue weighted by Gasteiger charge is 2.33. The Morgan fingerprint density at radius 3 is 2.38 bits per heavy atom. The van der Waals surface area contributed by atoms with E-state index < -0.39 is 33.4 Å². The minimum atomic E-state index is -1.49. The lowest BCUT2D eigenvalue weighted by atomic mass is 10.1. The first-order valence-electron chi connectivity index (χ1n) is 8.95. The molecule has 0 spiro atoms. The topological polar surface area (TPSA) is 126 Å². The van der Waals surface area contributed by atoms with Gasteiger partial charge in [0.25, 0.3) is 0 Å². The number of benzene rings is 1. The van der Waals surface area contributed by atoms with Gasteiger partial charge in [0, 0.05) is 45.8 Å². The standard InChI is InChI=1S/C18H19FN4O6/c1-3-20-9-12(18(26)27)17(25)11-8-13(19)15(16(14(11)20)23(28)29)22-6-4-21(5-7-22)10(2)24/h8-9H,3-7H2,1-2H3,(H,26,27). The number of hydrogen-bond acceptors (Lipinski definition) is 6. The fraction of sp³-hybridized carbons (Fsp3) is 0.389. The second-order valence-electron chi connectivity index (χ2n) is 6.67. The Balaban J connectivity index is 2.29. The van der Waals surface area contributed by atoms with Crippen molar-refractivity contribution in [2.45, 2.75) is 20.4 Å². The average Bonchev–Trinajstić information content (AvgIpc) is 2.67. The zero-order valence-electron chi connectivity index (χ0n) is 15.8. The monoisotopic (exact) mass is 406 g/mol. The Morgan fingerprint density at radius 1 is 1.28 bits per heavy atom. The number of nitro benzene ring substituents is 1. The third-order valence-corrected chi connectivity index (χ3v) is 5.06. The molecule has 0 bridgehead atoms. The van der Waals surface area contributed by atoms with Crippen molar-refractivity contribution in [3.63, 3.8) is 0 Å². The van der Waals surface area contributed by atoms with E-state index in [4.69, 9.17) is 0 Å². The molecule has 3 rings (SSSR count). The molecule has 29 heavy (non-hydrogen) atoms. The van der Waals surface area contributed by atoms with Crippen LogP contribution in [0.1, 0.15) is 24.2 Å². The first-order valence-corrected chi connectivity index (χ1v) is 8.95. The smallest absolute Gasteiger partial charge is 0.341 e. The van der Waals surface area contributed by atoms with Gasteiger partial charge in [-0.2, -0.15) is 0 Å². The number of carboxylic acid groups (broad SMARTS) is 1. The maximum atomic E-state index is 15.0. The van der Waals surface area contributed by atoms with Crippen LogP contribution in [0.3, 0.4) is 0 Å². The molecule has 1 saturated heterocycles. The summed E-state index contributed by atoms with van der Waals surface area (Å²) in [5.74, 6) is -2.62. The second kappa shape index (κ2) is 7.49. The summed E-state index contributed by atoms with van der Waals surface area (Å²) >= 11 is 0. The van der Waals surface area contributed by atoms with E-state index in [-0.39, 0.29) is 55.2 Å². The minimum absolute atomic E-state index is 0.127. The van der Waals surface area contributed by atoms with Crippen LogP contribution >= 0.6 is 0 Å². The number of nitro groups is 1. The normalized spacial score (nSPS) is 14.3. The van der Waals surface area contributed by atoms with E-state index in [1.165, 1.54) is 16.4 Å². The van der Waals surface area contributed by atoms with Crippen molar-refractivity contribution in [2.24, 2.45) is 0 Å². The van der Waals surface area contributed by atoms with E-state index in [0.717, 1.165) is 12.3 Å². The summed E-state index contributed by atoms with van der Waals surface area (Å²) in [4.78, 5) is 49.6. The van der Waals surface area contributed by atoms with Gasteiger partial charge in [-0.05, 0) is 13.0 Å². The van der Waals surface area contributed by atoms with Crippen molar-refractivity contribution in [1.82, 2.24) is 9.47 Å². The average molecular weight is 406 g/mol. The third-order valence-electron chi connectivity index (χ3n) is 5.06. The maximum absolute atomic E-state index is 15.0. The highest BCUT2D eigenvalue weighted by molar-refractivity contribution is 5.98. The highest BCUT2D eigenvalue weighted by atomic mass is 19.1. The molecule has 1 aliphatic heterocycles. The number of piperazine rings is 1. The zero-order chi connectivity index (χ0) is 21.5. The minimum Gasteiger partial charge on any atom is -0.477 e. The summed E-state index contributed by atoms with van der Waals surface area (Å²) in [7, 11) is 0. The van der Waals surface area contributed by atoms with Crippen LogP contribution < -0.4 is 10.3 Å². The molecule has 2 heterocycles. The molecule has 0 unspecified atom stereocenters. The van der Waals surface area contributed by atoms with Gasteiger partial charge < -0.3 is 19.5 Å². The Kier molecular flexibility index (Phi) is 5.23. The van der Waals surface area contributed by atoms with Gasteiger partial charge in [-0.3, -0.25) is 19.7 Å². The molecule has 11 heteroatoms. The SMILES string of the molecule is CCn1cc(C(=O)O)c(=O)c2cc(F)c(N3CCN(C(C)=O)CC3)c([N+](=O)[O-])c21. The molecule has 10 nitrogen and oxygen atoms in total. The predicted octanol–water partition coefficient (Wildman–Crippen LogP) is 1.44. The first kappa shape index (κ1) is 20.2. The number of nitrogens with zero attached hydrogens (tertiary/aromatic N) is 4. The summed E-state index contributed by atoms with van der Waals surface area (Å²) in [6.07, 6.45) is 1.04. The Morgan fingerprint density at radius 2 is 1.90 bits per heavy atom. The predicted molar refractivity (Wildman–Crippen MR) is 102 cm³/mol. The van der Waals surface area contributed by atoms with Crippen LogP contribution in [0.5, 0.6) is 0 Å². The molecular weight excluding hydrogens is 387 g/mol. The van der Waals surface area contributed by atoms with Gasteiger partial charge in [-0.25, -0.2) is 9.18 Å². The number of amides is 1. The number of carboxylic acids is 1. The van der Waals surface area contributed by atoms with Gasteiger partial charge in [0.15, 0.2) is 11.5 Å². The number of hydrogen-bond donors (Lipinski definition) is 1. The van der Waals surface area contributed by atoms with Crippen LogP contribution in [0.15, 0.2) is 17.1 Å². The number of rotatable bonds is 4. The summed E-state index contributed by atoms with van der Waals surface area (Å²) in [6, 6.07) is 0.857. The molecule has 1 fully saturated rings. The van der Waals surface area contributed by atoms with Crippen molar-refractivity contribution in [1.29, 1.82) is 0 Å². The number of pyridine rings is 1. The fourth-order valence-corrected chi connectivity index (χ4v) is 3.62. The van der Waals surface area contributed by atoms with Gasteiger partial charge in [-0.1, -0.05) is 0 Å². The lowest BCUT2D eigenvalue weighted by Crippen LogP contribution is -2.48. The van der Waals surface area contributed by atoms with Crippen LogP contribution in [0.25, 0.3) is 10.9 Å². The lowest BCUT2D eigenvalue weighted by Gasteiger charge is -2.35. The number of aryl methyl sites for hydroxylation is 1. The molecule has 154 valence electrons. The van der Waals surface area contributed by atoms with Crippen molar-refractivity contribution >= 4 is 34.2 Å². The number of carbonyl (C=O) groups excluding carboxylic acids is 1. The van der Waals surface area contributed by atoms with Gasteiger partial charge in [-0.15, -0.1) is 0 Å². The molecular formula is C18H19FN4O6. The summed E-state index contributed by atoms with van der Waals surface area (Å²) in [5, 5.41) is 20.8. The molecule has 1 amide bonds. The quantitative estimate of drug-likeness (QED) is 0.601. The van der Waals surface area contributed by atoms with Crippen LogP contribution in [-0.4, -0.2) is 57.6 Å². The van der Waals surface area contributed by atoms with Crippen LogP contribution in [0.2, 0.25) is 0 Å². The van der Waals surface area contributed by atoms with Crippen molar-refractivity contribution in [3.05, 3.63) is 44.0 Å². The molecule has 1 aromatic carbocycles. The zero-order valence-corrected chi connectivity index (χ0v) is 15.8. The number of carbonyl (C=O) groups is 2. The van der Waals surface area contributed by atoms with E-state index >= 15 is 4.39 Å². The highest BCUT2D eigenvalue weighted by Crippen LogP contribution is 2.38. The molecule has 1 N–H and O–H groups in total. The number of aromatic carboxylic acids is 1. The van der Waals surface area contributed by atoms with Gasteiger partial charge in [0.05, 0.1) is 10.3 Å². The van der Waals surface area contributed by atoms with Crippen molar-refractivity contribution < 1.29 is 24.0 Å². The van der Waals surface area contributed by atoms with E-state index in [1.807, 2.05) is 0 Å².